The van der Waals surface area contributed by atoms with E-state index in [2.05, 4.69) is 15.0 Å². The second kappa shape index (κ2) is 12.2. The molecule has 0 bridgehead atoms. The Labute approximate surface area is 227 Å². The number of nitrogens with zero attached hydrogens (tertiary/aromatic N) is 1. The van der Waals surface area contributed by atoms with Crippen molar-refractivity contribution in [1.82, 2.24) is 10.3 Å². The van der Waals surface area contributed by atoms with Gasteiger partial charge in [-0.1, -0.05) is 84.4 Å². The van der Waals surface area contributed by atoms with Gasteiger partial charge in [0.25, 0.3) is 0 Å². The van der Waals surface area contributed by atoms with E-state index in [4.69, 9.17) is 16.3 Å². The van der Waals surface area contributed by atoms with Gasteiger partial charge in [0.1, 0.15) is 17.9 Å². The van der Waals surface area contributed by atoms with Crippen LogP contribution in [0, 0.1) is 0 Å². The van der Waals surface area contributed by atoms with Gasteiger partial charge in [-0.2, -0.15) is 17.6 Å². The number of nitrogens with one attached hydrogen (secondary N) is 1. The molecule has 3 aromatic carbocycles. The van der Waals surface area contributed by atoms with E-state index in [1.807, 2.05) is 24.3 Å². The molecule has 5 nitrogen and oxygen atoms in total. The van der Waals surface area contributed by atoms with Crippen LogP contribution in [0.5, 0.6) is 5.75 Å². The average molecular weight is 559 g/mol. The first kappa shape index (κ1) is 27.9. The van der Waals surface area contributed by atoms with Crippen molar-refractivity contribution in [3.63, 3.8) is 0 Å². The number of carbonyl (C=O) groups excluding carboxylic acids is 1. The number of carbonyl (C=O) groups is 1. The van der Waals surface area contributed by atoms with Gasteiger partial charge in [0.15, 0.2) is 0 Å². The zero-order valence-corrected chi connectivity index (χ0v) is 21.1. The van der Waals surface area contributed by atoms with Crippen LogP contribution in [0.25, 0.3) is 0 Å². The predicted molar refractivity (Wildman–Crippen MR) is 138 cm³/mol. The van der Waals surface area contributed by atoms with Crippen LogP contribution in [0.15, 0.2) is 103 Å². The number of hydrogen-bond donors (Lipinski definition) is 1. The standard InChI is InChI=1S/C29H23ClF4N2O3/c30-23-14-15-25(35-18-23)28(17-20-8-3-1-4-9-20,36-27(37)38-19-21-10-5-2-6-11-21)22-12-7-13-24(16-22)39-29(33,34)26(31)32/h1-16,18,26H,17,19H2,(H,36,37)/t28-/m0/s1. The number of hydrogen-bond acceptors (Lipinski definition) is 4. The lowest BCUT2D eigenvalue weighted by Crippen LogP contribution is -2.49. The second-order valence-electron chi connectivity index (χ2n) is 8.61. The zero-order chi connectivity index (χ0) is 27.9. The molecular formula is C29H23ClF4N2O3. The van der Waals surface area contributed by atoms with Crippen molar-refractivity contribution >= 4 is 17.7 Å². The Balaban J connectivity index is 1.79. The molecule has 0 fully saturated rings. The lowest BCUT2D eigenvalue weighted by Gasteiger charge is -2.35. The highest BCUT2D eigenvalue weighted by molar-refractivity contribution is 6.30. The van der Waals surface area contributed by atoms with Crippen LogP contribution < -0.4 is 10.1 Å². The van der Waals surface area contributed by atoms with Gasteiger partial charge < -0.3 is 14.8 Å². The molecule has 1 atom stereocenters. The summed E-state index contributed by atoms with van der Waals surface area (Å²) in [6, 6.07) is 26.4. The van der Waals surface area contributed by atoms with Crippen LogP contribution in [-0.4, -0.2) is 23.6 Å². The van der Waals surface area contributed by atoms with Crippen LogP contribution in [0.3, 0.4) is 0 Å². The molecule has 1 aromatic heterocycles. The molecule has 0 aliphatic heterocycles. The SMILES string of the molecule is O=C(N[C@@](Cc1ccccc1)(c1cccc(OC(F)(F)C(F)F)c1)c1ccc(Cl)cn1)OCc1ccccc1. The first-order valence-corrected chi connectivity index (χ1v) is 12.2. The number of alkyl halides is 4. The third kappa shape index (κ3) is 7.06. The predicted octanol–water partition coefficient (Wildman–Crippen LogP) is 7.38. The molecule has 39 heavy (non-hydrogen) atoms. The van der Waals surface area contributed by atoms with E-state index in [-0.39, 0.29) is 18.6 Å². The van der Waals surface area contributed by atoms with E-state index in [1.165, 1.54) is 12.3 Å². The van der Waals surface area contributed by atoms with E-state index in [1.54, 1.807) is 54.6 Å². The Kier molecular flexibility index (Phi) is 8.71. The summed E-state index contributed by atoms with van der Waals surface area (Å²) < 4.78 is 63.0. The van der Waals surface area contributed by atoms with Gasteiger partial charge in [0.05, 0.1) is 10.7 Å². The summed E-state index contributed by atoms with van der Waals surface area (Å²) in [5.41, 5.74) is 0.530. The summed E-state index contributed by atoms with van der Waals surface area (Å²) >= 11 is 6.07. The average Bonchev–Trinajstić information content (AvgIpc) is 2.93. The van der Waals surface area contributed by atoms with Crippen molar-refractivity contribution in [3.8, 4) is 5.75 Å². The maximum atomic E-state index is 13.8. The smallest absolute Gasteiger partial charge is 0.445 e. The Morgan fingerprint density at radius 3 is 2.18 bits per heavy atom. The quantitative estimate of drug-likeness (QED) is 0.206. The molecule has 1 heterocycles. The van der Waals surface area contributed by atoms with Crippen LogP contribution >= 0.6 is 11.6 Å². The number of rotatable bonds is 10. The molecule has 0 radical (unpaired) electrons. The van der Waals surface area contributed by atoms with Gasteiger partial charge in [0, 0.05) is 12.6 Å². The molecule has 0 aliphatic carbocycles. The van der Waals surface area contributed by atoms with Crippen LogP contribution in [-0.2, 0) is 23.3 Å². The molecular weight excluding hydrogens is 536 g/mol. The van der Waals surface area contributed by atoms with Gasteiger partial charge in [-0.15, -0.1) is 0 Å². The fourth-order valence-electron chi connectivity index (χ4n) is 4.01. The minimum atomic E-state index is -4.72. The minimum Gasteiger partial charge on any atom is -0.445 e. The second-order valence-corrected chi connectivity index (χ2v) is 9.04. The summed E-state index contributed by atoms with van der Waals surface area (Å²) in [4.78, 5) is 17.6. The molecule has 0 aliphatic rings. The van der Waals surface area contributed by atoms with Crippen molar-refractivity contribution in [3.05, 3.63) is 131 Å². The van der Waals surface area contributed by atoms with Crippen molar-refractivity contribution < 1.29 is 31.8 Å². The van der Waals surface area contributed by atoms with Crippen LogP contribution in [0.4, 0.5) is 22.4 Å². The topological polar surface area (TPSA) is 60.5 Å². The van der Waals surface area contributed by atoms with Crippen molar-refractivity contribution in [2.45, 2.75) is 31.1 Å². The Hall–Kier alpha value is -4.11. The number of benzene rings is 3. The Morgan fingerprint density at radius 2 is 1.56 bits per heavy atom. The number of alkyl carbamates (subject to hydrolysis) is 1. The van der Waals surface area contributed by atoms with E-state index in [0.29, 0.717) is 10.7 Å². The van der Waals surface area contributed by atoms with Gasteiger partial charge in [-0.3, -0.25) is 4.98 Å². The fraction of sp³-hybridized carbons (Fsp3) is 0.172. The van der Waals surface area contributed by atoms with E-state index in [0.717, 1.165) is 23.3 Å². The first-order valence-electron chi connectivity index (χ1n) is 11.8. The largest absolute Gasteiger partial charge is 0.461 e. The molecule has 0 saturated heterocycles. The molecule has 10 heteroatoms. The lowest BCUT2D eigenvalue weighted by molar-refractivity contribution is -0.253. The van der Waals surface area contributed by atoms with E-state index in [9.17, 15) is 22.4 Å². The highest BCUT2D eigenvalue weighted by Crippen LogP contribution is 2.36. The lowest BCUT2D eigenvalue weighted by atomic mass is 9.80. The number of aromatic nitrogens is 1. The summed E-state index contributed by atoms with van der Waals surface area (Å²) in [7, 11) is 0. The van der Waals surface area contributed by atoms with Crippen molar-refractivity contribution in [2.75, 3.05) is 0 Å². The highest BCUT2D eigenvalue weighted by Gasteiger charge is 2.45. The summed E-state index contributed by atoms with van der Waals surface area (Å²) in [6.07, 6.45) is -8.12. The minimum absolute atomic E-state index is 0.0358. The Bertz CT molecular complexity index is 1380. The number of ether oxygens (including phenoxy) is 2. The third-order valence-corrected chi connectivity index (χ3v) is 6.06. The van der Waals surface area contributed by atoms with Gasteiger partial charge in [0.2, 0.25) is 0 Å². The van der Waals surface area contributed by atoms with Gasteiger partial charge >= 0.3 is 18.6 Å². The highest BCUT2D eigenvalue weighted by atomic mass is 35.5. The molecule has 202 valence electrons. The van der Waals surface area contributed by atoms with E-state index < -0.39 is 29.9 Å². The molecule has 1 N–H and O–H groups in total. The number of halogens is 5. The maximum Gasteiger partial charge on any atom is 0.461 e. The Morgan fingerprint density at radius 1 is 0.897 bits per heavy atom. The van der Waals surface area contributed by atoms with Crippen molar-refractivity contribution in [2.24, 2.45) is 0 Å². The number of pyridine rings is 1. The summed E-state index contributed by atoms with van der Waals surface area (Å²) in [5.74, 6) is -0.524. The normalized spacial score (nSPS) is 13.0. The van der Waals surface area contributed by atoms with Gasteiger partial charge in [-0.25, -0.2) is 4.79 Å². The molecule has 0 unspecified atom stereocenters. The van der Waals surface area contributed by atoms with E-state index >= 15 is 0 Å². The van der Waals surface area contributed by atoms with Gasteiger partial charge in [-0.05, 0) is 41.0 Å². The summed E-state index contributed by atoms with van der Waals surface area (Å²) in [5, 5.41) is 3.18. The number of amides is 1. The molecule has 4 aromatic rings. The fourth-order valence-corrected chi connectivity index (χ4v) is 4.12. The third-order valence-electron chi connectivity index (χ3n) is 5.84. The zero-order valence-electron chi connectivity index (χ0n) is 20.4. The molecule has 0 spiro atoms. The van der Waals surface area contributed by atoms with Crippen molar-refractivity contribution in [1.29, 1.82) is 0 Å². The summed E-state index contributed by atoms with van der Waals surface area (Å²) in [6.45, 7) is -0.0358. The maximum absolute atomic E-state index is 13.8. The van der Waals surface area contributed by atoms with Crippen LogP contribution in [0.2, 0.25) is 5.02 Å². The van der Waals surface area contributed by atoms with Crippen LogP contribution in [0.1, 0.15) is 22.4 Å². The molecule has 4 rings (SSSR count). The first-order chi connectivity index (χ1) is 18.7. The molecule has 0 saturated carbocycles. The monoisotopic (exact) mass is 558 g/mol. The molecule has 1 amide bonds.